The zero-order chi connectivity index (χ0) is 10.7. The van der Waals surface area contributed by atoms with Gasteiger partial charge in [0.05, 0.1) is 23.5 Å². The molecular weight excluding hydrogens is 162 g/mol. The molecular formula is C9H7B5. The standard InChI is InChI=1S/C9H7B5/c10-3-1-2-5-6(11)4-7(12)9(14)8(5)13/h1-2,4,7,9H,3H2/b2-1+. The van der Waals surface area contributed by atoms with Gasteiger partial charge >= 0.3 is 0 Å². The van der Waals surface area contributed by atoms with E-state index >= 15 is 0 Å². The minimum absolute atomic E-state index is 0.315. The lowest BCUT2D eigenvalue weighted by molar-refractivity contribution is 0.985. The van der Waals surface area contributed by atoms with E-state index in [1.165, 1.54) is 0 Å². The van der Waals surface area contributed by atoms with Crippen molar-refractivity contribution in [3.63, 3.8) is 0 Å². The highest BCUT2D eigenvalue weighted by molar-refractivity contribution is 6.37. The lowest BCUT2D eigenvalue weighted by Gasteiger charge is -2.28. The van der Waals surface area contributed by atoms with Gasteiger partial charge < -0.3 is 0 Å². The summed E-state index contributed by atoms with van der Waals surface area (Å²) in [7, 11) is 28.4. The van der Waals surface area contributed by atoms with Crippen molar-refractivity contribution in [3.8, 4) is 0 Å². The number of hydrogen-bond acceptors (Lipinski definition) is 0. The molecule has 0 aromatic heterocycles. The Balaban J connectivity index is 3.01. The van der Waals surface area contributed by atoms with Gasteiger partial charge in [-0.2, -0.15) is 0 Å². The summed E-state index contributed by atoms with van der Waals surface area (Å²) in [6.45, 7) is 0. The molecule has 5 heteroatoms. The van der Waals surface area contributed by atoms with Gasteiger partial charge in [0.25, 0.3) is 0 Å². The molecule has 0 spiro atoms. The first kappa shape index (κ1) is 11.6. The minimum atomic E-state index is -0.375. The van der Waals surface area contributed by atoms with Crippen LogP contribution in [-0.2, 0) is 0 Å². The Morgan fingerprint density at radius 1 is 1.29 bits per heavy atom. The topological polar surface area (TPSA) is 0 Å². The summed E-state index contributed by atoms with van der Waals surface area (Å²) >= 11 is 0. The molecule has 0 saturated heterocycles. The molecule has 10 radical (unpaired) electrons. The van der Waals surface area contributed by atoms with E-state index in [0.29, 0.717) is 17.3 Å². The zero-order valence-corrected chi connectivity index (χ0v) is 7.98. The van der Waals surface area contributed by atoms with Crippen LogP contribution in [0.15, 0.2) is 34.7 Å². The van der Waals surface area contributed by atoms with E-state index in [1.807, 2.05) is 0 Å². The Bertz CT molecular complexity index is 302. The van der Waals surface area contributed by atoms with Crippen LogP contribution in [0.2, 0.25) is 18.0 Å². The van der Waals surface area contributed by atoms with Crippen molar-refractivity contribution in [2.45, 2.75) is 18.0 Å². The van der Waals surface area contributed by atoms with Crippen LogP contribution in [0.5, 0.6) is 0 Å². The van der Waals surface area contributed by atoms with E-state index in [4.69, 9.17) is 39.2 Å². The molecule has 1 aliphatic rings. The van der Waals surface area contributed by atoms with Gasteiger partial charge in [-0.15, -0.1) is 5.47 Å². The number of hydrogen-bond donors (Lipinski definition) is 0. The van der Waals surface area contributed by atoms with Gasteiger partial charge in [0.15, 0.2) is 0 Å². The molecule has 2 atom stereocenters. The molecule has 0 aromatic rings. The molecule has 1 rings (SSSR count). The van der Waals surface area contributed by atoms with Gasteiger partial charge in [-0.25, -0.2) is 0 Å². The molecule has 0 heterocycles. The molecule has 0 aliphatic heterocycles. The quantitative estimate of drug-likeness (QED) is 0.529. The monoisotopic (exact) mass is 170 g/mol. The van der Waals surface area contributed by atoms with Crippen molar-refractivity contribution in [1.29, 1.82) is 0 Å². The predicted octanol–water partition coefficient (Wildman–Crippen LogP) is 0.532. The molecule has 0 fully saturated rings. The first-order chi connectivity index (χ1) is 6.57. The third-order valence-corrected chi connectivity index (χ3v) is 2.19. The van der Waals surface area contributed by atoms with Crippen LogP contribution in [0.25, 0.3) is 0 Å². The summed E-state index contributed by atoms with van der Waals surface area (Å²) in [6.07, 6.45) is 5.68. The second kappa shape index (κ2) is 4.86. The lowest BCUT2D eigenvalue weighted by atomic mass is 9.53. The van der Waals surface area contributed by atoms with Crippen molar-refractivity contribution in [2.24, 2.45) is 0 Å². The van der Waals surface area contributed by atoms with Crippen LogP contribution in [0.3, 0.4) is 0 Å². The predicted molar refractivity (Wildman–Crippen MR) is 65.3 cm³/mol. The van der Waals surface area contributed by atoms with Crippen LogP contribution < -0.4 is 0 Å². The summed E-state index contributed by atoms with van der Waals surface area (Å²) in [5.74, 6) is -0.690. The van der Waals surface area contributed by atoms with E-state index in [9.17, 15) is 0 Å². The number of allylic oxidation sites excluding steroid dienone is 6. The fraction of sp³-hybridized carbons (Fsp3) is 0.333. The van der Waals surface area contributed by atoms with E-state index in [2.05, 4.69) is 0 Å². The summed E-state index contributed by atoms with van der Waals surface area (Å²) < 4.78 is 0. The summed E-state index contributed by atoms with van der Waals surface area (Å²) in [6, 6.07) is 0. The van der Waals surface area contributed by atoms with Gasteiger partial charge in [-0.1, -0.05) is 41.7 Å². The van der Waals surface area contributed by atoms with Gasteiger partial charge in [0.1, 0.15) is 15.7 Å². The van der Waals surface area contributed by atoms with Crippen molar-refractivity contribution in [3.05, 3.63) is 34.7 Å². The van der Waals surface area contributed by atoms with Crippen molar-refractivity contribution < 1.29 is 0 Å². The second-order valence-electron chi connectivity index (χ2n) is 3.23. The Labute approximate surface area is 92.3 Å². The van der Waals surface area contributed by atoms with E-state index in [0.717, 1.165) is 5.57 Å². The Morgan fingerprint density at radius 3 is 2.50 bits per heavy atom. The van der Waals surface area contributed by atoms with E-state index in [1.54, 1.807) is 18.2 Å². The van der Waals surface area contributed by atoms with Crippen molar-refractivity contribution in [1.82, 2.24) is 0 Å². The van der Waals surface area contributed by atoms with Crippen LogP contribution in [0.4, 0.5) is 0 Å². The third-order valence-electron chi connectivity index (χ3n) is 2.19. The largest absolute Gasteiger partial charge is 0.117 e. The van der Waals surface area contributed by atoms with Gasteiger partial charge in [-0.3, -0.25) is 0 Å². The number of rotatable bonds is 2. The van der Waals surface area contributed by atoms with Crippen LogP contribution in [0, 0.1) is 0 Å². The van der Waals surface area contributed by atoms with Crippen LogP contribution >= 0.6 is 0 Å². The molecule has 0 saturated carbocycles. The first-order valence-corrected chi connectivity index (χ1v) is 4.43. The Morgan fingerprint density at radius 2 is 1.93 bits per heavy atom. The SMILES string of the molecule is [B]C/C=C/C1=C([B])C([B])C([B])C=C1[B]. The molecule has 58 valence electrons. The normalized spacial score (nSPS) is 28.1. The maximum atomic E-state index is 5.81. The molecule has 0 bridgehead atoms. The van der Waals surface area contributed by atoms with Crippen molar-refractivity contribution >= 4 is 39.2 Å². The third kappa shape index (κ3) is 2.32. The van der Waals surface area contributed by atoms with E-state index < -0.39 is 0 Å². The summed E-state index contributed by atoms with van der Waals surface area (Å²) in [5.41, 5.74) is 1.80. The fourth-order valence-electron chi connectivity index (χ4n) is 1.33. The maximum Gasteiger partial charge on any atom is 0.114 e. The molecule has 1 aliphatic carbocycles. The highest BCUT2D eigenvalue weighted by Gasteiger charge is 2.18. The molecule has 0 nitrogen and oxygen atoms in total. The second-order valence-corrected chi connectivity index (χ2v) is 3.23. The fourth-order valence-corrected chi connectivity index (χ4v) is 1.33. The minimum Gasteiger partial charge on any atom is -0.117 e. The highest BCUT2D eigenvalue weighted by atomic mass is 14.1. The first-order valence-electron chi connectivity index (χ1n) is 4.43. The Hall–Kier alpha value is -0.455. The molecule has 14 heavy (non-hydrogen) atoms. The average molecular weight is 169 g/mol. The highest BCUT2D eigenvalue weighted by Crippen LogP contribution is 2.35. The average Bonchev–Trinajstić information content (AvgIpc) is 2.14. The van der Waals surface area contributed by atoms with Gasteiger partial charge in [0, 0.05) is 0 Å². The van der Waals surface area contributed by atoms with Gasteiger partial charge in [-0.05, 0) is 5.57 Å². The molecule has 0 amide bonds. The summed E-state index contributed by atoms with van der Waals surface area (Å²) in [4.78, 5) is 0. The Kier molecular flexibility index (Phi) is 4.03. The molecule has 0 N–H and O–H groups in total. The van der Waals surface area contributed by atoms with Crippen molar-refractivity contribution in [2.75, 3.05) is 0 Å². The van der Waals surface area contributed by atoms with Crippen LogP contribution in [-0.4, -0.2) is 39.2 Å². The molecule has 2 unspecified atom stereocenters. The maximum absolute atomic E-state index is 5.81. The zero-order valence-electron chi connectivity index (χ0n) is 7.98. The van der Waals surface area contributed by atoms with Crippen LogP contribution in [0.1, 0.15) is 0 Å². The summed E-state index contributed by atoms with van der Waals surface area (Å²) in [5, 5.41) is 0. The van der Waals surface area contributed by atoms with E-state index in [-0.39, 0.29) is 11.6 Å². The lowest BCUT2D eigenvalue weighted by Crippen LogP contribution is -2.13. The smallest absolute Gasteiger partial charge is 0.114 e. The molecule has 0 aromatic carbocycles. The van der Waals surface area contributed by atoms with Gasteiger partial charge in [0.2, 0.25) is 0 Å².